The van der Waals surface area contributed by atoms with Crippen LogP contribution in [-0.4, -0.2) is 21.6 Å². The summed E-state index contributed by atoms with van der Waals surface area (Å²) in [5, 5.41) is 9.70. The van der Waals surface area contributed by atoms with Gasteiger partial charge >= 0.3 is 0 Å². The highest BCUT2D eigenvalue weighted by Crippen LogP contribution is 2.20. The van der Waals surface area contributed by atoms with Crippen LogP contribution in [0.5, 0.6) is 0 Å². The van der Waals surface area contributed by atoms with E-state index in [0.29, 0.717) is 28.9 Å². The Hall–Kier alpha value is -3.55. The van der Waals surface area contributed by atoms with Crippen molar-refractivity contribution in [1.29, 1.82) is 0 Å². The largest absolute Gasteiger partial charge is 0.324 e. The van der Waals surface area contributed by atoms with Gasteiger partial charge in [-0.05, 0) is 73.9 Å². The van der Waals surface area contributed by atoms with Crippen molar-refractivity contribution in [3.8, 4) is 0 Å². The second-order valence-corrected chi connectivity index (χ2v) is 6.97. The number of nitrogens with one attached hydrogen (secondary N) is 2. The number of amides is 2. The first kappa shape index (κ1) is 21.2. The molecule has 8 heteroatoms. The van der Waals surface area contributed by atoms with Gasteiger partial charge in [-0.15, -0.1) is 0 Å². The van der Waals surface area contributed by atoms with E-state index in [9.17, 15) is 18.4 Å². The number of carbonyl (C=O) groups is 2. The number of carbonyl (C=O) groups excluding carboxylic acids is 2. The van der Waals surface area contributed by atoms with Gasteiger partial charge in [-0.1, -0.05) is 6.92 Å². The fourth-order valence-electron chi connectivity index (χ4n) is 3.06. The molecule has 0 aliphatic carbocycles. The minimum atomic E-state index is -0.649. The number of aryl methyl sites for hydroxylation is 2. The standard InChI is InChI=1S/C22H22F2N4O2/c1-4-20(22(30)26-18-8-6-16(24)12-14(18)3)28-10-9-19(27-28)21(29)25-17-7-5-15(23)11-13(17)2/h5-12,20H,4H2,1-3H3,(H,25,29)(H,26,30). The minimum absolute atomic E-state index is 0.128. The van der Waals surface area contributed by atoms with Crippen LogP contribution in [0, 0.1) is 25.5 Å². The number of hydrogen-bond donors (Lipinski definition) is 2. The van der Waals surface area contributed by atoms with Gasteiger partial charge in [-0.2, -0.15) is 5.10 Å². The van der Waals surface area contributed by atoms with E-state index < -0.39 is 11.9 Å². The van der Waals surface area contributed by atoms with Crippen LogP contribution in [0.25, 0.3) is 0 Å². The van der Waals surface area contributed by atoms with Crippen LogP contribution in [0.2, 0.25) is 0 Å². The molecule has 0 aliphatic rings. The van der Waals surface area contributed by atoms with Gasteiger partial charge in [0.2, 0.25) is 5.91 Å². The van der Waals surface area contributed by atoms with Gasteiger partial charge in [0.1, 0.15) is 17.7 Å². The van der Waals surface area contributed by atoms with Crippen LogP contribution in [-0.2, 0) is 4.79 Å². The molecule has 0 bridgehead atoms. The highest BCUT2D eigenvalue weighted by molar-refractivity contribution is 6.03. The second kappa shape index (κ2) is 8.86. The van der Waals surface area contributed by atoms with Crippen molar-refractivity contribution in [1.82, 2.24) is 9.78 Å². The monoisotopic (exact) mass is 412 g/mol. The Morgan fingerprint density at radius 3 is 2.07 bits per heavy atom. The molecule has 2 amide bonds. The zero-order valence-corrected chi connectivity index (χ0v) is 16.9. The first-order valence-electron chi connectivity index (χ1n) is 9.48. The molecule has 1 unspecified atom stereocenters. The summed E-state index contributed by atoms with van der Waals surface area (Å²) in [4.78, 5) is 25.2. The van der Waals surface area contributed by atoms with E-state index >= 15 is 0 Å². The fraction of sp³-hybridized carbons (Fsp3) is 0.227. The van der Waals surface area contributed by atoms with Gasteiger partial charge in [-0.3, -0.25) is 14.3 Å². The Morgan fingerprint density at radius 1 is 0.967 bits per heavy atom. The summed E-state index contributed by atoms with van der Waals surface area (Å²) >= 11 is 0. The molecular formula is C22H22F2N4O2. The van der Waals surface area contributed by atoms with Crippen molar-refractivity contribution in [3.05, 3.63) is 77.1 Å². The van der Waals surface area contributed by atoms with Gasteiger partial charge in [0.25, 0.3) is 5.91 Å². The average Bonchev–Trinajstić information content (AvgIpc) is 3.17. The van der Waals surface area contributed by atoms with Crippen LogP contribution in [0.4, 0.5) is 20.2 Å². The number of rotatable bonds is 6. The lowest BCUT2D eigenvalue weighted by atomic mass is 10.1. The molecule has 0 radical (unpaired) electrons. The summed E-state index contributed by atoms with van der Waals surface area (Å²) in [7, 11) is 0. The predicted molar refractivity (Wildman–Crippen MR) is 110 cm³/mol. The maximum absolute atomic E-state index is 13.3. The Balaban J connectivity index is 1.73. The molecule has 6 nitrogen and oxygen atoms in total. The number of anilines is 2. The van der Waals surface area contributed by atoms with Crippen molar-refractivity contribution < 1.29 is 18.4 Å². The molecule has 156 valence electrons. The number of halogens is 2. The quantitative estimate of drug-likeness (QED) is 0.620. The summed E-state index contributed by atoms with van der Waals surface area (Å²) in [6.45, 7) is 5.21. The number of benzene rings is 2. The predicted octanol–water partition coefficient (Wildman–Crippen LogP) is 4.62. The first-order chi connectivity index (χ1) is 14.3. The van der Waals surface area contributed by atoms with E-state index in [4.69, 9.17) is 0 Å². The lowest BCUT2D eigenvalue weighted by Gasteiger charge is -2.16. The lowest BCUT2D eigenvalue weighted by Crippen LogP contribution is -2.26. The van der Waals surface area contributed by atoms with E-state index in [2.05, 4.69) is 15.7 Å². The molecule has 0 saturated carbocycles. The molecule has 2 aromatic carbocycles. The Bertz CT molecular complexity index is 1090. The SMILES string of the molecule is CCC(C(=O)Nc1ccc(F)cc1C)n1ccc(C(=O)Nc2ccc(F)cc2C)n1. The third kappa shape index (κ3) is 4.71. The molecule has 2 N–H and O–H groups in total. The van der Waals surface area contributed by atoms with Crippen molar-refractivity contribution in [2.75, 3.05) is 10.6 Å². The molecule has 0 spiro atoms. The van der Waals surface area contributed by atoms with Crippen LogP contribution in [0.1, 0.15) is 41.0 Å². The molecule has 0 fully saturated rings. The molecular weight excluding hydrogens is 390 g/mol. The van der Waals surface area contributed by atoms with E-state index in [-0.39, 0.29) is 23.2 Å². The van der Waals surface area contributed by atoms with Crippen molar-refractivity contribution in [2.24, 2.45) is 0 Å². The van der Waals surface area contributed by atoms with Gasteiger partial charge in [0.15, 0.2) is 5.69 Å². The zero-order chi connectivity index (χ0) is 21.8. The molecule has 1 heterocycles. The van der Waals surface area contributed by atoms with E-state index in [1.54, 1.807) is 20.0 Å². The van der Waals surface area contributed by atoms with Crippen LogP contribution < -0.4 is 10.6 Å². The summed E-state index contributed by atoms with van der Waals surface area (Å²) in [5.41, 5.74) is 2.31. The summed E-state index contributed by atoms with van der Waals surface area (Å²) < 4.78 is 27.9. The van der Waals surface area contributed by atoms with E-state index in [1.165, 1.54) is 47.1 Å². The summed E-state index contributed by atoms with van der Waals surface area (Å²) in [5.74, 6) is -1.55. The van der Waals surface area contributed by atoms with Gasteiger partial charge in [-0.25, -0.2) is 8.78 Å². The third-order valence-corrected chi connectivity index (χ3v) is 4.73. The molecule has 0 saturated heterocycles. The van der Waals surface area contributed by atoms with E-state index in [1.807, 2.05) is 6.92 Å². The first-order valence-corrected chi connectivity index (χ1v) is 9.48. The minimum Gasteiger partial charge on any atom is -0.324 e. The van der Waals surface area contributed by atoms with Gasteiger partial charge in [0.05, 0.1) is 0 Å². The van der Waals surface area contributed by atoms with E-state index in [0.717, 1.165) is 0 Å². The number of nitrogens with zero attached hydrogens (tertiary/aromatic N) is 2. The molecule has 0 aliphatic heterocycles. The van der Waals surface area contributed by atoms with Crippen molar-refractivity contribution >= 4 is 23.2 Å². The van der Waals surface area contributed by atoms with Crippen LogP contribution in [0.15, 0.2) is 48.7 Å². The van der Waals surface area contributed by atoms with Crippen molar-refractivity contribution in [3.63, 3.8) is 0 Å². The molecule has 3 aromatic rings. The third-order valence-electron chi connectivity index (χ3n) is 4.73. The average molecular weight is 412 g/mol. The smallest absolute Gasteiger partial charge is 0.276 e. The van der Waals surface area contributed by atoms with Gasteiger partial charge in [0, 0.05) is 17.6 Å². The maximum atomic E-state index is 13.3. The zero-order valence-electron chi connectivity index (χ0n) is 16.9. The van der Waals surface area contributed by atoms with Crippen LogP contribution in [0.3, 0.4) is 0 Å². The molecule has 3 rings (SSSR count). The Kier molecular flexibility index (Phi) is 6.25. The number of aromatic nitrogens is 2. The van der Waals surface area contributed by atoms with Gasteiger partial charge < -0.3 is 10.6 Å². The molecule has 30 heavy (non-hydrogen) atoms. The van der Waals surface area contributed by atoms with Crippen LogP contribution >= 0.6 is 0 Å². The second-order valence-electron chi connectivity index (χ2n) is 6.97. The summed E-state index contributed by atoms with van der Waals surface area (Å²) in [6.07, 6.45) is 1.99. The maximum Gasteiger partial charge on any atom is 0.276 e. The fourth-order valence-corrected chi connectivity index (χ4v) is 3.06. The highest BCUT2D eigenvalue weighted by atomic mass is 19.1. The number of hydrogen-bond acceptors (Lipinski definition) is 3. The van der Waals surface area contributed by atoms with Crippen molar-refractivity contribution in [2.45, 2.75) is 33.2 Å². The topological polar surface area (TPSA) is 76.0 Å². The molecule has 1 aromatic heterocycles. The highest BCUT2D eigenvalue weighted by Gasteiger charge is 2.22. The Labute approximate surface area is 172 Å². The molecule has 1 atom stereocenters. The normalized spacial score (nSPS) is 11.8. The lowest BCUT2D eigenvalue weighted by molar-refractivity contribution is -0.119. The Morgan fingerprint density at radius 2 is 1.53 bits per heavy atom. The summed E-state index contributed by atoms with van der Waals surface area (Å²) in [6, 6.07) is 9.03.